The number of nitrogens with zero attached hydrogens (tertiary/aromatic N) is 8. The van der Waals surface area contributed by atoms with Crippen LogP contribution in [0.4, 0.5) is 10.5 Å². The predicted molar refractivity (Wildman–Crippen MR) is 156 cm³/mol. The molecule has 19 nitrogen and oxygen atoms in total. The second-order valence-corrected chi connectivity index (χ2v) is 10.8. The molecule has 0 aromatic heterocycles. The number of nitrogens with two attached hydrogens (primary N) is 4. The first-order chi connectivity index (χ1) is 20.5. The van der Waals surface area contributed by atoms with Crippen LogP contribution in [0.3, 0.4) is 0 Å². The summed E-state index contributed by atoms with van der Waals surface area (Å²) in [5.74, 6) is 22.2. The zero-order chi connectivity index (χ0) is 31.3. The van der Waals surface area contributed by atoms with Crippen LogP contribution < -0.4 is 44.6 Å². The number of anilines is 1. The highest BCUT2D eigenvalue weighted by atomic mass is 35.5. The van der Waals surface area contributed by atoms with Gasteiger partial charge in [-0.1, -0.05) is 22.0 Å². The Balaban J connectivity index is 1.38. The van der Waals surface area contributed by atoms with Gasteiger partial charge in [-0.25, -0.2) is 19.8 Å². The number of carbonyl (C=O) groups excluding carboxylic acids is 3. The third-order valence-electron chi connectivity index (χ3n) is 7.17. The van der Waals surface area contributed by atoms with E-state index in [1.54, 1.807) is 29.2 Å². The zero-order valence-electron chi connectivity index (χ0n) is 23.6. The molecule has 0 aliphatic carbocycles. The fourth-order valence-electron chi connectivity index (χ4n) is 5.05. The summed E-state index contributed by atoms with van der Waals surface area (Å²) in [6, 6.07) is 6.35. The van der Waals surface area contributed by atoms with Gasteiger partial charge in [0, 0.05) is 36.9 Å². The summed E-state index contributed by atoms with van der Waals surface area (Å²) in [5.41, 5.74) is 0.277. The minimum absolute atomic E-state index is 0.00441. The first kappa shape index (κ1) is 31.5. The number of urea groups is 1. The average Bonchev–Trinajstić information content (AvgIpc) is 3.18. The normalized spacial score (nSPS) is 22.7. The van der Waals surface area contributed by atoms with Gasteiger partial charge in [0.2, 0.25) is 0 Å². The lowest BCUT2D eigenvalue weighted by atomic mass is 9.87. The standard InChI is InChI=1S/C23H35ClN16O3/c1-12(2)29-21(43)30-14-5-3-13(4-6-14)20(42)38-9-7-23(8-10-38)11-39(27)22(40(23)28)33-19(41)15-17(34-36-25)32-18(35-37-26)16(24)31-15/h3-6,12,17,22,32H,7-11,27-28H2,1-2H3,(H2,25,34)(H2,26,35)(H,33,41)(H2,29,30,43). The first-order valence-electron chi connectivity index (χ1n) is 13.3. The van der Waals surface area contributed by atoms with Crippen LogP contribution in [0.2, 0.25) is 0 Å². The fraction of sp³-hybridized carbons (Fsp3) is 0.478. The van der Waals surface area contributed by atoms with E-state index in [9.17, 15) is 14.4 Å². The van der Waals surface area contributed by atoms with E-state index in [-0.39, 0.29) is 34.7 Å². The summed E-state index contributed by atoms with van der Waals surface area (Å²) in [6.45, 7) is 4.87. The zero-order valence-corrected chi connectivity index (χ0v) is 24.3. The van der Waals surface area contributed by atoms with E-state index < -0.39 is 23.9 Å². The fourth-order valence-corrected chi connectivity index (χ4v) is 5.23. The van der Waals surface area contributed by atoms with Crippen LogP contribution in [0.25, 0.3) is 0 Å². The molecule has 1 spiro atoms. The number of halogens is 1. The van der Waals surface area contributed by atoms with Gasteiger partial charge in [0.1, 0.15) is 0 Å². The monoisotopic (exact) mass is 618 g/mol. The molecule has 4 rings (SSSR count). The summed E-state index contributed by atoms with van der Waals surface area (Å²) in [6.07, 6.45) is -1.04. The SMILES string of the molecule is CC(C)NC(=O)Nc1ccc(C(=O)N2CCC3(CC2)CN(N)C(NC(=O)C2=NC(Cl)=C(N=NN)NC2N=NN)N3N)cc1. The maximum absolute atomic E-state index is 13.2. The lowest BCUT2D eigenvalue weighted by Crippen LogP contribution is -2.63. The van der Waals surface area contributed by atoms with Gasteiger partial charge in [0.05, 0.1) is 5.54 Å². The molecule has 1 aromatic carbocycles. The Kier molecular flexibility index (Phi) is 9.71. The lowest BCUT2D eigenvalue weighted by molar-refractivity contribution is -0.119. The van der Waals surface area contributed by atoms with Crippen LogP contribution >= 0.6 is 11.6 Å². The van der Waals surface area contributed by atoms with Crippen molar-refractivity contribution in [3.05, 3.63) is 40.8 Å². The van der Waals surface area contributed by atoms with E-state index in [1.807, 2.05) is 13.8 Å². The third kappa shape index (κ3) is 6.97. The van der Waals surface area contributed by atoms with Gasteiger partial charge in [-0.2, -0.15) is 0 Å². The van der Waals surface area contributed by atoms with Gasteiger partial charge in [-0.3, -0.25) is 21.3 Å². The Morgan fingerprint density at radius 1 is 1.12 bits per heavy atom. The van der Waals surface area contributed by atoms with Crippen LogP contribution in [0.15, 0.2) is 60.9 Å². The van der Waals surface area contributed by atoms with E-state index >= 15 is 0 Å². The summed E-state index contributed by atoms with van der Waals surface area (Å²) < 4.78 is 0. The number of amides is 4. The van der Waals surface area contributed by atoms with Gasteiger partial charge >= 0.3 is 6.03 Å². The van der Waals surface area contributed by atoms with Gasteiger partial charge in [-0.15, -0.1) is 10.2 Å². The minimum atomic E-state index is -1.13. The van der Waals surface area contributed by atoms with Crippen molar-refractivity contribution < 1.29 is 14.4 Å². The second kappa shape index (κ2) is 13.3. The van der Waals surface area contributed by atoms with Crippen LogP contribution in [0.5, 0.6) is 0 Å². The summed E-state index contributed by atoms with van der Waals surface area (Å²) in [5, 5.41) is 27.3. The van der Waals surface area contributed by atoms with Crippen molar-refractivity contribution in [2.24, 2.45) is 49.0 Å². The van der Waals surface area contributed by atoms with Gasteiger partial charge < -0.3 is 37.9 Å². The molecule has 3 aliphatic heterocycles. The van der Waals surface area contributed by atoms with Crippen LogP contribution in [-0.2, 0) is 4.79 Å². The van der Waals surface area contributed by atoms with Crippen molar-refractivity contribution in [1.82, 2.24) is 30.9 Å². The molecule has 1 aromatic rings. The number of aliphatic imine (C=N–C) groups is 1. The Labute approximate surface area is 251 Å². The molecule has 0 saturated carbocycles. The largest absolute Gasteiger partial charge is 0.339 e. The van der Waals surface area contributed by atoms with Crippen molar-refractivity contribution in [1.29, 1.82) is 0 Å². The number of likely N-dealkylation sites (tertiary alicyclic amines) is 1. The number of hydrogen-bond acceptors (Lipinski definition) is 13. The van der Waals surface area contributed by atoms with E-state index in [1.165, 1.54) is 10.0 Å². The molecule has 0 radical (unpaired) electrons. The van der Waals surface area contributed by atoms with Crippen molar-refractivity contribution in [2.45, 2.75) is 50.7 Å². The second-order valence-electron chi connectivity index (χ2n) is 10.4. The van der Waals surface area contributed by atoms with Crippen LogP contribution in [0.1, 0.15) is 37.0 Å². The number of hydrogen-bond donors (Lipinski definition) is 8. The summed E-state index contributed by atoms with van der Waals surface area (Å²) >= 11 is 6.10. The Morgan fingerprint density at radius 3 is 2.40 bits per heavy atom. The Morgan fingerprint density at radius 2 is 1.79 bits per heavy atom. The van der Waals surface area contributed by atoms with E-state index in [0.29, 0.717) is 43.7 Å². The molecule has 2 unspecified atom stereocenters. The maximum Gasteiger partial charge on any atom is 0.319 e. The topological polar surface area (TPSA) is 275 Å². The van der Waals surface area contributed by atoms with Gasteiger partial charge in [-0.05, 0) is 51.0 Å². The number of nitrogens with one attached hydrogen (secondary N) is 4. The number of rotatable bonds is 7. The first-order valence-corrected chi connectivity index (χ1v) is 13.6. The number of piperidine rings is 1. The molecule has 3 aliphatic rings. The predicted octanol–water partition coefficient (Wildman–Crippen LogP) is -0.656. The third-order valence-corrected chi connectivity index (χ3v) is 7.44. The molecular formula is C23H35ClN16O3. The summed E-state index contributed by atoms with van der Waals surface area (Å²) in [7, 11) is 0. The highest BCUT2D eigenvalue weighted by Crippen LogP contribution is 2.34. The lowest BCUT2D eigenvalue weighted by Gasteiger charge is -2.43. The molecule has 2 saturated heterocycles. The number of hydrazine groups is 2. The van der Waals surface area contributed by atoms with Crippen molar-refractivity contribution in [3.8, 4) is 0 Å². The average molecular weight is 619 g/mol. The maximum atomic E-state index is 13.2. The molecule has 0 bridgehead atoms. The number of carbonyl (C=O) groups is 3. The molecule has 43 heavy (non-hydrogen) atoms. The van der Waals surface area contributed by atoms with Crippen LogP contribution in [0, 0.1) is 0 Å². The molecule has 3 heterocycles. The Hall–Kier alpha value is -4.43. The van der Waals surface area contributed by atoms with E-state index in [0.717, 1.165) is 0 Å². The van der Waals surface area contributed by atoms with Crippen molar-refractivity contribution in [3.63, 3.8) is 0 Å². The van der Waals surface area contributed by atoms with Crippen molar-refractivity contribution >= 4 is 40.8 Å². The van der Waals surface area contributed by atoms with Crippen molar-refractivity contribution in [2.75, 3.05) is 25.0 Å². The smallest absolute Gasteiger partial charge is 0.319 e. The van der Waals surface area contributed by atoms with Gasteiger partial charge in [0.25, 0.3) is 11.8 Å². The van der Waals surface area contributed by atoms with Crippen LogP contribution in [-0.4, -0.2) is 82.1 Å². The number of benzene rings is 1. The quantitative estimate of drug-likeness (QED) is 0.0826. The molecule has 4 amide bonds. The van der Waals surface area contributed by atoms with E-state index in [2.05, 4.69) is 46.9 Å². The molecule has 2 atom stereocenters. The Bertz CT molecular complexity index is 1340. The highest BCUT2D eigenvalue weighted by molar-refractivity contribution is 6.43. The molecule has 232 valence electrons. The molecule has 2 fully saturated rings. The molecular weight excluding hydrogens is 584 g/mol. The highest BCUT2D eigenvalue weighted by Gasteiger charge is 2.51. The molecule has 20 heteroatoms. The van der Waals surface area contributed by atoms with E-state index in [4.69, 9.17) is 35.0 Å². The molecule has 12 N–H and O–H groups in total. The van der Waals surface area contributed by atoms with Gasteiger partial charge in [0.15, 0.2) is 29.1 Å². The minimum Gasteiger partial charge on any atom is -0.339 e. The summed E-state index contributed by atoms with van der Waals surface area (Å²) in [4.78, 5) is 44.1.